The van der Waals surface area contributed by atoms with Crippen LogP contribution in [0.4, 0.5) is 8.78 Å². The Morgan fingerprint density at radius 3 is 2.24 bits per heavy atom. The average Bonchev–Trinajstić information content (AvgIpc) is 3.31. The van der Waals surface area contributed by atoms with E-state index in [9.17, 15) is 13.6 Å². The first-order valence-corrected chi connectivity index (χ1v) is 11.9. The zero-order valence-electron chi connectivity index (χ0n) is 19.6. The van der Waals surface area contributed by atoms with E-state index in [0.717, 1.165) is 24.8 Å². The van der Waals surface area contributed by atoms with E-state index in [0.29, 0.717) is 51.6 Å². The predicted octanol–water partition coefficient (Wildman–Crippen LogP) is 3.95. The number of carbonyl (C=O) groups excluding carboxylic acids is 1. The van der Waals surface area contributed by atoms with Gasteiger partial charge in [0.2, 0.25) is 5.91 Å². The number of nitrogens with zero attached hydrogens (tertiary/aromatic N) is 2. The molecule has 2 aromatic carbocycles. The second-order valence-corrected chi connectivity index (χ2v) is 8.95. The molecule has 0 spiro atoms. The Morgan fingerprint density at radius 1 is 1.03 bits per heavy atom. The van der Waals surface area contributed by atoms with Gasteiger partial charge in [0.25, 0.3) is 0 Å². The van der Waals surface area contributed by atoms with Crippen molar-refractivity contribution in [2.75, 3.05) is 46.4 Å². The fourth-order valence-corrected chi connectivity index (χ4v) is 4.53. The highest BCUT2D eigenvalue weighted by atomic mass is 19.1. The van der Waals surface area contributed by atoms with E-state index in [1.165, 1.54) is 24.3 Å². The number of likely N-dealkylation sites (tertiary alicyclic amines) is 1. The molecule has 0 N–H and O–H groups in total. The number of likely N-dealkylation sites (N-methyl/N-ethyl adjacent to an activating group) is 1. The number of halogens is 2. The van der Waals surface area contributed by atoms with Gasteiger partial charge in [0, 0.05) is 37.9 Å². The smallest absolute Gasteiger partial charge is 0.236 e. The number of hydrogen-bond donors (Lipinski definition) is 0. The van der Waals surface area contributed by atoms with Crippen molar-refractivity contribution in [3.05, 3.63) is 65.7 Å². The fourth-order valence-electron chi connectivity index (χ4n) is 4.53. The number of carbonyl (C=O) groups is 1. The van der Waals surface area contributed by atoms with Crippen LogP contribution in [0, 0.1) is 11.6 Å². The summed E-state index contributed by atoms with van der Waals surface area (Å²) < 4.78 is 44.1. The van der Waals surface area contributed by atoms with E-state index in [1.54, 1.807) is 24.3 Å². The molecule has 0 bridgehead atoms. The quantitative estimate of drug-likeness (QED) is 0.551. The predicted molar refractivity (Wildman–Crippen MR) is 123 cm³/mol. The highest BCUT2D eigenvalue weighted by Crippen LogP contribution is 2.36. The summed E-state index contributed by atoms with van der Waals surface area (Å²) in [6, 6.07) is 12.3. The SMILES string of the molecule is CN(CCCC1(c2ccc(F)cc2)OCCO1)CC(=O)N1CCC(Oc2ccc(F)cc2)CC1. The Morgan fingerprint density at radius 2 is 1.62 bits per heavy atom. The van der Waals surface area contributed by atoms with Gasteiger partial charge in [-0.25, -0.2) is 8.78 Å². The van der Waals surface area contributed by atoms with Crippen molar-refractivity contribution >= 4 is 5.91 Å². The van der Waals surface area contributed by atoms with Crippen LogP contribution in [0.25, 0.3) is 0 Å². The first kappa shape index (κ1) is 24.6. The molecule has 0 aromatic heterocycles. The van der Waals surface area contributed by atoms with Gasteiger partial charge in [-0.2, -0.15) is 0 Å². The van der Waals surface area contributed by atoms with Crippen molar-refractivity contribution in [3.63, 3.8) is 0 Å². The van der Waals surface area contributed by atoms with Gasteiger partial charge in [0.1, 0.15) is 23.5 Å². The summed E-state index contributed by atoms with van der Waals surface area (Å²) in [5.74, 6) is -0.666. The van der Waals surface area contributed by atoms with Crippen LogP contribution in [0.3, 0.4) is 0 Å². The second kappa shape index (κ2) is 11.3. The minimum Gasteiger partial charge on any atom is -0.490 e. The van der Waals surface area contributed by atoms with Gasteiger partial charge in [0.05, 0.1) is 19.8 Å². The van der Waals surface area contributed by atoms with E-state index in [-0.39, 0.29) is 23.6 Å². The lowest BCUT2D eigenvalue weighted by Gasteiger charge is -2.33. The third kappa shape index (κ3) is 6.31. The Labute approximate surface area is 199 Å². The average molecular weight is 475 g/mol. The van der Waals surface area contributed by atoms with Crippen LogP contribution in [0.2, 0.25) is 0 Å². The van der Waals surface area contributed by atoms with Crippen molar-refractivity contribution in [2.24, 2.45) is 0 Å². The van der Waals surface area contributed by atoms with E-state index in [4.69, 9.17) is 14.2 Å². The molecule has 2 aromatic rings. The number of ether oxygens (including phenoxy) is 3. The normalized spacial score (nSPS) is 18.4. The van der Waals surface area contributed by atoms with Gasteiger partial charge in [-0.05, 0) is 56.4 Å². The number of benzene rings is 2. The third-order valence-electron chi connectivity index (χ3n) is 6.40. The highest BCUT2D eigenvalue weighted by Gasteiger charge is 2.38. The van der Waals surface area contributed by atoms with Crippen molar-refractivity contribution in [2.45, 2.75) is 37.6 Å². The molecule has 4 rings (SSSR count). The maximum absolute atomic E-state index is 13.3. The molecule has 2 saturated heterocycles. The van der Waals surface area contributed by atoms with Crippen molar-refractivity contribution in [1.29, 1.82) is 0 Å². The Balaban J connectivity index is 1.19. The van der Waals surface area contributed by atoms with Crippen molar-refractivity contribution in [3.8, 4) is 5.75 Å². The molecule has 0 radical (unpaired) electrons. The zero-order valence-corrected chi connectivity index (χ0v) is 19.6. The van der Waals surface area contributed by atoms with Gasteiger partial charge < -0.3 is 19.1 Å². The van der Waals surface area contributed by atoms with Gasteiger partial charge in [-0.3, -0.25) is 9.69 Å². The van der Waals surface area contributed by atoms with Gasteiger partial charge in [-0.15, -0.1) is 0 Å². The van der Waals surface area contributed by atoms with Gasteiger partial charge in [0.15, 0.2) is 5.79 Å². The van der Waals surface area contributed by atoms with E-state index >= 15 is 0 Å². The zero-order chi connectivity index (χ0) is 24.0. The van der Waals surface area contributed by atoms with Crippen LogP contribution in [0.5, 0.6) is 5.75 Å². The van der Waals surface area contributed by atoms with Crippen LogP contribution in [-0.4, -0.2) is 68.3 Å². The number of amides is 1. The maximum atomic E-state index is 13.3. The lowest BCUT2D eigenvalue weighted by atomic mass is 10.0. The molecule has 6 nitrogen and oxygen atoms in total. The van der Waals surface area contributed by atoms with Crippen molar-refractivity contribution < 1.29 is 27.8 Å². The highest BCUT2D eigenvalue weighted by molar-refractivity contribution is 5.78. The molecule has 8 heteroatoms. The van der Waals surface area contributed by atoms with Crippen LogP contribution in [-0.2, 0) is 20.1 Å². The number of rotatable bonds is 9. The first-order chi connectivity index (χ1) is 16.4. The fraction of sp³-hybridized carbons (Fsp3) is 0.500. The number of hydrogen-bond acceptors (Lipinski definition) is 5. The van der Waals surface area contributed by atoms with E-state index in [2.05, 4.69) is 0 Å². The molecule has 1 amide bonds. The van der Waals surface area contributed by atoms with Crippen LogP contribution in [0.1, 0.15) is 31.2 Å². The van der Waals surface area contributed by atoms with Gasteiger partial charge in [-0.1, -0.05) is 12.1 Å². The first-order valence-electron chi connectivity index (χ1n) is 11.9. The number of piperidine rings is 1. The Kier molecular flexibility index (Phi) is 8.13. The molecule has 0 aliphatic carbocycles. The molecule has 34 heavy (non-hydrogen) atoms. The van der Waals surface area contributed by atoms with Crippen LogP contribution >= 0.6 is 0 Å². The second-order valence-electron chi connectivity index (χ2n) is 8.95. The summed E-state index contributed by atoms with van der Waals surface area (Å²) in [5, 5.41) is 0. The minimum absolute atomic E-state index is 0.0290. The Bertz CT molecular complexity index is 925. The summed E-state index contributed by atoms with van der Waals surface area (Å²) in [6.07, 6.45) is 2.93. The molecule has 184 valence electrons. The molecule has 2 fully saturated rings. The summed E-state index contributed by atoms with van der Waals surface area (Å²) in [4.78, 5) is 16.7. The van der Waals surface area contributed by atoms with Crippen LogP contribution < -0.4 is 4.74 Å². The van der Waals surface area contributed by atoms with Gasteiger partial charge >= 0.3 is 0 Å². The molecule has 0 atom stereocenters. The van der Waals surface area contributed by atoms with Crippen LogP contribution in [0.15, 0.2) is 48.5 Å². The molecular weight excluding hydrogens is 442 g/mol. The van der Waals surface area contributed by atoms with E-state index < -0.39 is 5.79 Å². The minimum atomic E-state index is -0.842. The molecule has 0 saturated carbocycles. The Hall–Kier alpha value is -2.55. The summed E-state index contributed by atoms with van der Waals surface area (Å²) in [7, 11) is 1.93. The molecule has 2 heterocycles. The lowest BCUT2D eigenvalue weighted by molar-refractivity contribution is -0.172. The maximum Gasteiger partial charge on any atom is 0.236 e. The molecule has 0 unspecified atom stereocenters. The molecular formula is C26H32F2N2O4. The monoisotopic (exact) mass is 474 g/mol. The topological polar surface area (TPSA) is 51.2 Å². The standard InChI is InChI=1S/C26H32F2N2O4/c1-29(14-2-13-26(32-17-18-33-26)20-3-5-21(27)6-4-20)19-25(31)30-15-11-24(12-16-30)34-23-9-7-22(28)8-10-23/h3-10,24H,2,11-19H2,1H3. The van der Waals surface area contributed by atoms with E-state index in [1.807, 2.05) is 16.8 Å². The summed E-state index contributed by atoms with van der Waals surface area (Å²) in [5.41, 5.74) is 0.816. The molecule has 2 aliphatic heterocycles. The summed E-state index contributed by atoms with van der Waals surface area (Å²) in [6.45, 7) is 3.36. The largest absolute Gasteiger partial charge is 0.490 e. The van der Waals surface area contributed by atoms with Crippen molar-refractivity contribution in [1.82, 2.24) is 9.80 Å². The third-order valence-corrected chi connectivity index (χ3v) is 6.40. The lowest BCUT2D eigenvalue weighted by Crippen LogP contribution is -2.45. The molecule has 2 aliphatic rings. The summed E-state index contributed by atoms with van der Waals surface area (Å²) >= 11 is 0.